The van der Waals surface area contributed by atoms with Gasteiger partial charge in [0.05, 0.1) is 12.3 Å². The highest BCUT2D eigenvalue weighted by Crippen LogP contribution is 2.29. The molecule has 0 bridgehead atoms. The molecule has 4 rings (SSSR count). The minimum atomic E-state index is 0.232. The van der Waals surface area contributed by atoms with E-state index >= 15 is 0 Å². The fourth-order valence-corrected chi connectivity index (χ4v) is 4.32. The molecule has 160 valence electrons. The third-order valence-electron chi connectivity index (χ3n) is 6.03. The summed E-state index contributed by atoms with van der Waals surface area (Å²) in [5.41, 5.74) is 4.03. The summed E-state index contributed by atoms with van der Waals surface area (Å²) in [6.45, 7) is 11.2. The number of furan rings is 1. The van der Waals surface area contributed by atoms with E-state index in [0.29, 0.717) is 6.54 Å². The Morgan fingerprint density at radius 2 is 1.93 bits per heavy atom. The molecule has 1 aliphatic heterocycles. The number of aryl methyl sites for hydroxylation is 2. The third kappa shape index (κ3) is 4.56. The number of unbranched alkanes of at least 4 members (excludes halogenated alkanes) is 1. The molecule has 7 heteroatoms. The summed E-state index contributed by atoms with van der Waals surface area (Å²) in [5, 5.41) is 12.7. The largest absolute Gasteiger partial charge is 0.467 e. The van der Waals surface area contributed by atoms with Gasteiger partial charge in [-0.1, -0.05) is 31.9 Å². The lowest BCUT2D eigenvalue weighted by molar-refractivity contribution is 0.162. The molecular formula is C23H32N6O. The van der Waals surface area contributed by atoms with Gasteiger partial charge in [0, 0.05) is 31.9 Å². The number of benzene rings is 1. The van der Waals surface area contributed by atoms with Crippen LogP contribution >= 0.6 is 0 Å². The number of piperazine rings is 1. The van der Waals surface area contributed by atoms with Crippen LogP contribution in [0.1, 0.15) is 54.9 Å². The minimum Gasteiger partial charge on any atom is -0.467 e. The van der Waals surface area contributed by atoms with Crippen LogP contribution in [-0.4, -0.2) is 51.3 Å². The van der Waals surface area contributed by atoms with Crippen molar-refractivity contribution in [2.75, 3.05) is 31.1 Å². The van der Waals surface area contributed by atoms with Crippen LogP contribution in [0.25, 0.3) is 0 Å². The molecule has 1 fully saturated rings. The van der Waals surface area contributed by atoms with Gasteiger partial charge in [0.1, 0.15) is 12.3 Å². The Hall–Kier alpha value is -2.67. The molecule has 0 amide bonds. The van der Waals surface area contributed by atoms with Crippen molar-refractivity contribution in [1.82, 2.24) is 25.1 Å². The number of anilines is 1. The molecule has 1 aliphatic rings. The second-order valence-corrected chi connectivity index (χ2v) is 8.25. The number of rotatable bonds is 8. The molecule has 2 aromatic heterocycles. The number of hydrogen-bond donors (Lipinski definition) is 0. The van der Waals surface area contributed by atoms with Crippen LogP contribution in [-0.2, 0) is 6.54 Å². The summed E-state index contributed by atoms with van der Waals surface area (Å²) in [5.74, 6) is 1.82. The summed E-state index contributed by atoms with van der Waals surface area (Å²) in [4.78, 5) is 5.07. The van der Waals surface area contributed by atoms with Gasteiger partial charge >= 0.3 is 0 Å². The van der Waals surface area contributed by atoms with Crippen molar-refractivity contribution in [2.45, 2.75) is 52.6 Å². The first-order valence-corrected chi connectivity index (χ1v) is 11.0. The Bertz CT molecular complexity index is 927. The normalized spacial score (nSPS) is 16.2. The quantitative estimate of drug-likeness (QED) is 0.562. The molecule has 0 N–H and O–H groups in total. The van der Waals surface area contributed by atoms with Gasteiger partial charge < -0.3 is 9.32 Å². The minimum absolute atomic E-state index is 0.232. The van der Waals surface area contributed by atoms with E-state index in [2.05, 4.69) is 64.3 Å². The van der Waals surface area contributed by atoms with Crippen LogP contribution in [0.15, 0.2) is 41.0 Å². The Kier molecular flexibility index (Phi) is 6.47. The van der Waals surface area contributed by atoms with Gasteiger partial charge in [-0.3, -0.25) is 4.90 Å². The number of tetrazole rings is 1. The number of nitrogens with zero attached hydrogens (tertiary/aromatic N) is 6. The SMILES string of the molecule is CCCC[C@H](c1nnnn1Cc1ccco1)N1CCN(c2cc(C)ccc2C)CC1. The lowest BCUT2D eigenvalue weighted by Crippen LogP contribution is -2.48. The van der Waals surface area contributed by atoms with E-state index in [1.807, 2.05) is 16.8 Å². The van der Waals surface area contributed by atoms with E-state index in [4.69, 9.17) is 4.42 Å². The van der Waals surface area contributed by atoms with E-state index in [-0.39, 0.29) is 6.04 Å². The fraction of sp³-hybridized carbons (Fsp3) is 0.522. The Balaban J connectivity index is 1.49. The molecule has 30 heavy (non-hydrogen) atoms. The van der Waals surface area contributed by atoms with Gasteiger partial charge in [-0.25, -0.2) is 4.68 Å². The van der Waals surface area contributed by atoms with Crippen molar-refractivity contribution >= 4 is 5.69 Å². The van der Waals surface area contributed by atoms with Crippen molar-refractivity contribution in [2.24, 2.45) is 0 Å². The molecule has 0 saturated carbocycles. The predicted molar refractivity (Wildman–Crippen MR) is 118 cm³/mol. The fourth-order valence-electron chi connectivity index (χ4n) is 4.32. The molecule has 0 aliphatic carbocycles. The van der Waals surface area contributed by atoms with E-state index in [9.17, 15) is 0 Å². The highest BCUT2D eigenvalue weighted by molar-refractivity contribution is 5.55. The van der Waals surface area contributed by atoms with Gasteiger partial charge in [-0.05, 0) is 60.0 Å². The maximum absolute atomic E-state index is 5.52. The summed E-state index contributed by atoms with van der Waals surface area (Å²) >= 11 is 0. The molecule has 0 radical (unpaired) electrons. The standard InChI is InChI=1S/C23H32N6O/c1-4-5-8-21(23-24-25-26-29(23)17-20-7-6-15-30-20)27-11-13-28(14-12-27)22-16-18(2)9-10-19(22)3/h6-7,9-10,15-16,21H,4-5,8,11-14,17H2,1-3H3/t21-/m1/s1. The zero-order valence-electron chi connectivity index (χ0n) is 18.3. The molecule has 3 aromatic rings. The van der Waals surface area contributed by atoms with Crippen LogP contribution in [0.4, 0.5) is 5.69 Å². The first-order chi connectivity index (χ1) is 14.7. The van der Waals surface area contributed by atoms with Crippen molar-refractivity contribution in [3.05, 3.63) is 59.3 Å². The van der Waals surface area contributed by atoms with Crippen LogP contribution in [0.3, 0.4) is 0 Å². The average Bonchev–Trinajstić information content (AvgIpc) is 3.44. The van der Waals surface area contributed by atoms with Crippen molar-refractivity contribution < 1.29 is 4.42 Å². The zero-order chi connectivity index (χ0) is 20.9. The lowest BCUT2D eigenvalue weighted by Gasteiger charge is -2.40. The van der Waals surface area contributed by atoms with Gasteiger partial charge in [0.15, 0.2) is 5.82 Å². The van der Waals surface area contributed by atoms with Crippen LogP contribution in [0.2, 0.25) is 0 Å². The summed E-state index contributed by atoms with van der Waals surface area (Å²) in [6, 6.07) is 10.8. The molecule has 1 saturated heterocycles. The van der Waals surface area contributed by atoms with Crippen molar-refractivity contribution in [1.29, 1.82) is 0 Å². The molecule has 3 heterocycles. The topological polar surface area (TPSA) is 63.2 Å². The highest BCUT2D eigenvalue weighted by Gasteiger charge is 2.29. The zero-order valence-corrected chi connectivity index (χ0v) is 18.3. The maximum Gasteiger partial charge on any atom is 0.168 e. The monoisotopic (exact) mass is 408 g/mol. The van der Waals surface area contributed by atoms with E-state index in [1.165, 1.54) is 23.2 Å². The lowest BCUT2D eigenvalue weighted by atomic mass is 10.1. The summed E-state index contributed by atoms with van der Waals surface area (Å²) in [6.07, 6.45) is 5.09. The van der Waals surface area contributed by atoms with Gasteiger partial charge in [0.25, 0.3) is 0 Å². The predicted octanol–water partition coefficient (Wildman–Crippen LogP) is 3.98. The smallest absolute Gasteiger partial charge is 0.168 e. The first-order valence-electron chi connectivity index (χ1n) is 11.0. The number of hydrogen-bond acceptors (Lipinski definition) is 6. The van der Waals surface area contributed by atoms with Crippen LogP contribution in [0.5, 0.6) is 0 Å². The first kappa shape index (κ1) is 20.6. The van der Waals surface area contributed by atoms with Gasteiger partial charge in [-0.15, -0.1) is 5.10 Å². The van der Waals surface area contributed by atoms with Gasteiger partial charge in [0.2, 0.25) is 0 Å². The number of aromatic nitrogens is 4. The summed E-state index contributed by atoms with van der Waals surface area (Å²) in [7, 11) is 0. The Morgan fingerprint density at radius 1 is 1.10 bits per heavy atom. The van der Waals surface area contributed by atoms with Gasteiger partial charge in [-0.2, -0.15) is 0 Å². The molecular weight excluding hydrogens is 376 g/mol. The maximum atomic E-state index is 5.52. The van der Waals surface area contributed by atoms with E-state index in [0.717, 1.165) is 50.6 Å². The Morgan fingerprint density at radius 3 is 2.67 bits per heavy atom. The van der Waals surface area contributed by atoms with Crippen molar-refractivity contribution in [3.63, 3.8) is 0 Å². The second-order valence-electron chi connectivity index (χ2n) is 8.25. The molecule has 0 spiro atoms. The molecule has 0 unspecified atom stereocenters. The average molecular weight is 409 g/mol. The van der Waals surface area contributed by atoms with Crippen LogP contribution in [0, 0.1) is 13.8 Å². The van der Waals surface area contributed by atoms with Crippen molar-refractivity contribution in [3.8, 4) is 0 Å². The molecule has 1 aromatic carbocycles. The molecule has 1 atom stereocenters. The van der Waals surface area contributed by atoms with E-state index < -0.39 is 0 Å². The van der Waals surface area contributed by atoms with E-state index in [1.54, 1.807) is 6.26 Å². The molecule has 7 nitrogen and oxygen atoms in total. The second kappa shape index (κ2) is 9.43. The Labute approximate surface area is 178 Å². The summed E-state index contributed by atoms with van der Waals surface area (Å²) < 4.78 is 7.41. The van der Waals surface area contributed by atoms with Crippen LogP contribution < -0.4 is 4.90 Å². The highest BCUT2D eigenvalue weighted by atomic mass is 16.3. The third-order valence-corrected chi connectivity index (χ3v) is 6.03.